The maximum Gasteiger partial charge on any atom is 0.336 e. The van der Waals surface area contributed by atoms with Gasteiger partial charge in [-0.2, -0.15) is 0 Å². The van der Waals surface area contributed by atoms with E-state index >= 15 is 0 Å². The zero-order valence-electron chi connectivity index (χ0n) is 10.4. The van der Waals surface area contributed by atoms with E-state index in [1.165, 1.54) is 6.07 Å². The summed E-state index contributed by atoms with van der Waals surface area (Å²) in [5.74, 6) is 1.39. The van der Waals surface area contributed by atoms with Crippen LogP contribution in [0.25, 0.3) is 11.0 Å². The normalized spacial score (nSPS) is 10.6. The molecule has 0 amide bonds. The Morgan fingerprint density at radius 2 is 1.74 bits per heavy atom. The van der Waals surface area contributed by atoms with Crippen LogP contribution in [0.2, 0.25) is 0 Å². The largest absolute Gasteiger partial charge is 0.457 e. The Balaban J connectivity index is 2.05. The lowest BCUT2D eigenvalue weighted by atomic mass is 10.1. The maximum atomic E-state index is 11.4. The number of benzene rings is 2. The molecule has 1 aromatic heterocycles. The molecule has 0 aliphatic carbocycles. The predicted octanol–water partition coefficient (Wildman–Crippen LogP) is 3.89. The van der Waals surface area contributed by atoms with Crippen LogP contribution < -0.4 is 10.4 Å². The molecular formula is C16H12O3. The molecule has 0 atom stereocenters. The Bertz CT molecular complexity index is 773. The summed E-state index contributed by atoms with van der Waals surface area (Å²) in [6, 6.07) is 16.5. The second-order valence-corrected chi connectivity index (χ2v) is 4.32. The summed E-state index contributed by atoms with van der Waals surface area (Å²) in [4.78, 5) is 11.4. The third kappa shape index (κ3) is 2.36. The molecule has 3 aromatic rings. The summed E-state index contributed by atoms with van der Waals surface area (Å²) in [5.41, 5.74) is 1.10. The molecule has 2 aromatic carbocycles. The van der Waals surface area contributed by atoms with Gasteiger partial charge in [0.2, 0.25) is 0 Å². The zero-order chi connectivity index (χ0) is 13.2. The Morgan fingerprint density at radius 1 is 0.947 bits per heavy atom. The highest BCUT2D eigenvalue weighted by Gasteiger charge is 2.04. The number of hydrogen-bond donors (Lipinski definition) is 0. The first-order valence-electron chi connectivity index (χ1n) is 6.00. The Hall–Kier alpha value is -2.55. The zero-order valence-corrected chi connectivity index (χ0v) is 10.4. The SMILES string of the molecule is Cc1cc(=O)oc2cc(Oc3ccccc3)ccc12. The van der Waals surface area contributed by atoms with E-state index in [-0.39, 0.29) is 5.63 Å². The molecule has 3 heteroatoms. The molecule has 0 spiro atoms. The van der Waals surface area contributed by atoms with Crippen molar-refractivity contribution in [2.45, 2.75) is 6.92 Å². The van der Waals surface area contributed by atoms with Crippen LogP contribution >= 0.6 is 0 Å². The minimum Gasteiger partial charge on any atom is -0.457 e. The van der Waals surface area contributed by atoms with Gasteiger partial charge < -0.3 is 9.15 Å². The molecular weight excluding hydrogens is 240 g/mol. The van der Waals surface area contributed by atoms with Crippen LogP contribution in [0.1, 0.15) is 5.56 Å². The lowest BCUT2D eigenvalue weighted by molar-refractivity contribution is 0.480. The van der Waals surface area contributed by atoms with Gasteiger partial charge in [0.25, 0.3) is 0 Å². The van der Waals surface area contributed by atoms with Crippen molar-refractivity contribution in [3.8, 4) is 11.5 Å². The molecule has 1 heterocycles. The number of para-hydroxylation sites is 1. The van der Waals surface area contributed by atoms with Crippen LogP contribution in [0.5, 0.6) is 11.5 Å². The molecule has 19 heavy (non-hydrogen) atoms. The first-order valence-corrected chi connectivity index (χ1v) is 6.00. The highest BCUT2D eigenvalue weighted by Crippen LogP contribution is 2.26. The topological polar surface area (TPSA) is 39.4 Å². The Morgan fingerprint density at radius 3 is 2.53 bits per heavy atom. The minimum atomic E-state index is -0.345. The van der Waals surface area contributed by atoms with E-state index in [2.05, 4.69) is 0 Å². The number of aryl methyl sites for hydroxylation is 1. The van der Waals surface area contributed by atoms with Crippen molar-refractivity contribution < 1.29 is 9.15 Å². The molecule has 3 rings (SSSR count). The number of rotatable bonds is 2. The number of fused-ring (bicyclic) bond motifs is 1. The fourth-order valence-corrected chi connectivity index (χ4v) is 1.99. The van der Waals surface area contributed by atoms with Crippen LogP contribution in [0.3, 0.4) is 0 Å². The van der Waals surface area contributed by atoms with Gasteiger partial charge in [-0.05, 0) is 36.8 Å². The van der Waals surface area contributed by atoms with Crippen molar-refractivity contribution in [2.24, 2.45) is 0 Å². The van der Waals surface area contributed by atoms with E-state index in [4.69, 9.17) is 9.15 Å². The molecule has 0 unspecified atom stereocenters. The standard InChI is InChI=1S/C16H12O3/c1-11-9-16(17)19-15-10-13(7-8-14(11)15)18-12-5-3-2-4-6-12/h2-10H,1H3. The van der Waals surface area contributed by atoms with E-state index in [9.17, 15) is 4.79 Å². The van der Waals surface area contributed by atoms with Crippen LogP contribution in [-0.4, -0.2) is 0 Å². The predicted molar refractivity (Wildman–Crippen MR) is 73.7 cm³/mol. The second-order valence-electron chi connectivity index (χ2n) is 4.32. The lowest BCUT2D eigenvalue weighted by Gasteiger charge is -2.06. The van der Waals surface area contributed by atoms with E-state index in [1.807, 2.05) is 49.4 Å². The molecule has 94 valence electrons. The molecule has 0 bridgehead atoms. The van der Waals surface area contributed by atoms with Crippen molar-refractivity contribution in [1.29, 1.82) is 0 Å². The van der Waals surface area contributed by atoms with E-state index in [1.54, 1.807) is 6.07 Å². The van der Waals surface area contributed by atoms with Gasteiger partial charge in [-0.25, -0.2) is 4.79 Å². The van der Waals surface area contributed by atoms with Gasteiger partial charge in [0, 0.05) is 17.5 Å². The van der Waals surface area contributed by atoms with Crippen LogP contribution in [0, 0.1) is 6.92 Å². The van der Waals surface area contributed by atoms with Gasteiger partial charge in [-0.1, -0.05) is 18.2 Å². The smallest absolute Gasteiger partial charge is 0.336 e. The number of hydrogen-bond acceptors (Lipinski definition) is 3. The van der Waals surface area contributed by atoms with Crippen LogP contribution in [0.4, 0.5) is 0 Å². The summed E-state index contributed by atoms with van der Waals surface area (Å²) >= 11 is 0. The van der Waals surface area contributed by atoms with E-state index < -0.39 is 0 Å². The molecule has 0 aliphatic rings. The molecule has 0 fully saturated rings. The molecule has 0 N–H and O–H groups in total. The number of ether oxygens (including phenoxy) is 1. The van der Waals surface area contributed by atoms with Crippen LogP contribution in [0.15, 0.2) is 63.8 Å². The van der Waals surface area contributed by atoms with Crippen molar-refractivity contribution in [2.75, 3.05) is 0 Å². The fourth-order valence-electron chi connectivity index (χ4n) is 1.99. The monoisotopic (exact) mass is 252 g/mol. The molecule has 0 saturated heterocycles. The molecule has 3 nitrogen and oxygen atoms in total. The average molecular weight is 252 g/mol. The third-order valence-electron chi connectivity index (χ3n) is 2.90. The first kappa shape index (κ1) is 11.5. The summed E-state index contributed by atoms with van der Waals surface area (Å²) in [6.07, 6.45) is 0. The van der Waals surface area contributed by atoms with Gasteiger partial charge in [-0.15, -0.1) is 0 Å². The Labute approximate surface area is 110 Å². The first-order chi connectivity index (χ1) is 9.22. The molecule has 0 aliphatic heterocycles. The highest BCUT2D eigenvalue weighted by atomic mass is 16.5. The van der Waals surface area contributed by atoms with Gasteiger partial charge >= 0.3 is 5.63 Å². The lowest BCUT2D eigenvalue weighted by Crippen LogP contribution is -1.97. The Kier molecular flexibility index (Phi) is 2.80. The van der Waals surface area contributed by atoms with Crippen molar-refractivity contribution >= 4 is 11.0 Å². The van der Waals surface area contributed by atoms with E-state index in [0.717, 1.165) is 16.7 Å². The summed E-state index contributed by atoms with van der Waals surface area (Å²) < 4.78 is 10.9. The van der Waals surface area contributed by atoms with Gasteiger partial charge in [0.1, 0.15) is 17.1 Å². The molecule has 0 radical (unpaired) electrons. The molecule has 0 saturated carbocycles. The quantitative estimate of drug-likeness (QED) is 0.649. The average Bonchev–Trinajstić information content (AvgIpc) is 2.39. The summed E-state index contributed by atoms with van der Waals surface area (Å²) in [7, 11) is 0. The van der Waals surface area contributed by atoms with Crippen molar-refractivity contribution in [3.05, 3.63) is 70.6 Å². The van der Waals surface area contributed by atoms with Gasteiger partial charge in [0.15, 0.2) is 0 Å². The fraction of sp³-hybridized carbons (Fsp3) is 0.0625. The van der Waals surface area contributed by atoms with Gasteiger partial charge in [0.05, 0.1) is 0 Å². The van der Waals surface area contributed by atoms with Gasteiger partial charge in [-0.3, -0.25) is 0 Å². The van der Waals surface area contributed by atoms with Crippen molar-refractivity contribution in [1.82, 2.24) is 0 Å². The minimum absolute atomic E-state index is 0.345. The van der Waals surface area contributed by atoms with Crippen molar-refractivity contribution in [3.63, 3.8) is 0 Å². The maximum absolute atomic E-state index is 11.4. The highest BCUT2D eigenvalue weighted by molar-refractivity contribution is 5.81. The summed E-state index contributed by atoms with van der Waals surface area (Å²) in [5, 5.41) is 0.917. The summed E-state index contributed by atoms with van der Waals surface area (Å²) in [6.45, 7) is 1.89. The second kappa shape index (κ2) is 4.61. The third-order valence-corrected chi connectivity index (χ3v) is 2.90. The van der Waals surface area contributed by atoms with Crippen LogP contribution in [-0.2, 0) is 0 Å². The van der Waals surface area contributed by atoms with E-state index in [0.29, 0.717) is 11.3 Å².